The SMILES string of the molecule is NOCC1(C2(c3ccccc3)CCCC2)CC1. The predicted molar refractivity (Wildman–Crippen MR) is 68.4 cm³/mol. The van der Waals surface area contributed by atoms with E-state index in [1.165, 1.54) is 44.1 Å². The van der Waals surface area contributed by atoms with E-state index < -0.39 is 0 Å². The summed E-state index contributed by atoms with van der Waals surface area (Å²) in [5, 5.41) is 0. The van der Waals surface area contributed by atoms with Crippen molar-refractivity contribution in [3.63, 3.8) is 0 Å². The molecular formula is C15H21NO. The molecular weight excluding hydrogens is 210 g/mol. The summed E-state index contributed by atoms with van der Waals surface area (Å²) in [4.78, 5) is 5.03. The molecule has 2 fully saturated rings. The molecule has 0 heterocycles. The molecule has 2 nitrogen and oxygen atoms in total. The Bertz CT molecular complexity index is 377. The van der Waals surface area contributed by atoms with Gasteiger partial charge >= 0.3 is 0 Å². The highest BCUT2D eigenvalue weighted by Gasteiger charge is 2.60. The normalized spacial score (nSPS) is 24.8. The number of nitrogens with two attached hydrogens (primary N) is 1. The number of hydrogen-bond acceptors (Lipinski definition) is 2. The van der Waals surface area contributed by atoms with Gasteiger partial charge in [0.05, 0.1) is 6.61 Å². The van der Waals surface area contributed by atoms with E-state index in [1.807, 2.05) is 0 Å². The van der Waals surface area contributed by atoms with Gasteiger partial charge in [0.25, 0.3) is 0 Å². The van der Waals surface area contributed by atoms with Gasteiger partial charge in [0.15, 0.2) is 0 Å². The van der Waals surface area contributed by atoms with E-state index in [-0.39, 0.29) is 0 Å². The molecule has 2 heteroatoms. The molecule has 0 amide bonds. The smallest absolute Gasteiger partial charge is 0.0744 e. The maximum absolute atomic E-state index is 5.36. The molecule has 0 saturated heterocycles. The molecule has 0 spiro atoms. The maximum Gasteiger partial charge on any atom is 0.0744 e. The molecule has 1 aromatic rings. The summed E-state index contributed by atoms with van der Waals surface area (Å²) in [5.74, 6) is 5.36. The third kappa shape index (κ3) is 1.62. The van der Waals surface area contributed by atoms with Crippen LogP contribution in [0.1, 0.15) is 44.1 Å². The minimum absolute atomic E-state index is 0.333. The zero-order valence-corrected chi connectivity index (χ0v) is 10.3. The molecule has 2 saturated carbocycles. The first-order chi connectivity index (χ1) is 8.33. The van der Waals surface area contributed by atoms with Crippen molar-refractivity contribution in [2.24, 2.45) is 11.3 Å². The summed E-state index contributed by atoms with van der Waals surface area (Å²) < 4.78 is 0. The Hall–Kier alpha value is -0.860. The molecule has 2 aliphatic rings. The summed E-state index contributed by atoms with van der Waals surface area (Å²) in [7, 11) is 0. The average molecular weight is 231 g/mol. The van der Waals surface area contributed by atoms with Crippen LogP contribution in [0, 0.1) is 5.41 Å². The Balaban J connectivity index is 1.99. The van der Waals surface area contributed by atoms with E-state index in [9.17, 15) is 0 Å². The standard InChI is InChI=1S/C15H21NO/c16-17-12-14(10-11-14)15(8-4-5-9-15)13-6-2-1-3-7-13/h1-3,6-7H,4-5,8-12,16H2. The van der Waals surface area contributed by atoms with Crippen molar-refractivity contribution >= 4 is 0 Å². The van der Waals surface area contributed by atoms with Gasteiger partial charge in [0.2, 0.25) is 0 Å². The Labute approximate surface area is 103 Å². The van der Waals surface area contributed by atoms with Crippen molar-refractivity contribution in [2.75, 3.05) is 6.61 Å². The molecule has 2 N–H and O–H groups in total. The Kier molecular flexibility index (Phi) is 2.72. The van der Waals surface area contributed by atoms with Gasteiger partial charge in [0, 0.05) is 10.8 Å². The average Bonchev–Trinajstić information content (AvgIpc) is 2.99. The molecule has 0 radical (unpaired) electrons. The lowest BCUT2D eigenvalue weighted by molar-refractivity contribution is 0.0515. The van der Waals surface area contributed by atoms with Gasteiger partial charge < -0.3 is 4.84 Å². The lowest BCUT2D eigenvalue weighted by Crippen LogP contribution is -2.38. The molecule has 0 aliphatic heterocycles. The molecule has 0 bridgehead atoms. The van der Waals surface area contributed by atoms with Crippen LogP contribution in [0.4, 0.5) is 0 Å². The lowest BCUT2D eigenvalue weighted by Gasteiger charge is -2.38. The third-order valence-corrected chi connectivity index (χ3v) is 5.01. The van der Waals surface area contributed by atoms with Crippen LogP contribution in [0.3, 0.4) is 0 Å². The molecule has 0 aromatic heterocycles. The van der Waals surface area contributed by atoms with E-state index in [4.69, 9.17) is 10.7 Å². The molecule has 0 atom stereocenters. The van der Waals surface area contributed by atoms with Crippen LogP contribution in [0.15, 0.2) is 30.3 Å². The van der Waals surface area contributed by atoms with Gasteiger partial charge in [-0.1, -0.05) is 43.2 Å². The van der Waals surface area contributed by atoms with Gasteiger partial charge in [-0.15, -0.1) is 0 Å². The fourth-order valence-electron chi connectivity index (χ4n) is 3.93. The first-order valence-corrected chi connectivity index (χ1v) is 6.70. The molecule has 2 aliphatic carbocycles. The number of rotatable bonds is 4. The van der Waals surface area contributed by atoms with E-state index >= 15 is 0 Å². The van der Waals surface area contributed by atoms with Crippen molar-refractivity contribution in [2.45, 2.75) is 43.9 Å². The molecule has 0 unspecified atom stereocenters. The van der Waals surface area contributed by atoms with Crippen LogP contribution in [0.25, 0.3) is 0 Å². The highest BCUT2D eigenvalue weighted by atomic mass is 16.6. The van der Waals surface area contributed by atoms with Gasteiger partial charge in [-0.2, -0.15) is 0 Å². The first kappa shape index (κ1) is 11.2. The van der Waals surface area contributed by atoms with Crippen molar-refractivity contribution in [1.29, 1.82) is 0 Å². The van der Waals surface area contributed by atoms with E-state index in [0.29, 0.717) is 10.8 Å². The van der Waals surface area contributed by atoms with Gasteiger partial charge in [0.1, 0.15) is 0 Å². The Morgan fingerprint density at radius 1 is 1.00 bits per heavy atom. The quantitative estimate of drug-likeness (QED) is 0.808. The summed E-state index contributed by atoms with van der Waals surface area (Å²) in [5.41, 5.74) is 2.18. The monoisotopic (exact) mass is 231 g/mol. The Morgan fingerprint density at radius 3 is 2.18 bits per heavy atom. The zero-order chi connectivity index (χ0) is 11.8. The summed E-state index contributed by atoms with van der Waals surface area (Å²) in [6, 6.07) is 11.0. The number of benzene rings is 1. The maximum atomic E-state index is 5.36. The second kappa shape index (κ2) is 4.11. The van der Waals surface area contributed by atoms with E-state index in [1.54, 1.807) is 0 Å². The second-order valence-corrected chi connectivity index (χ2v) is 5.75. The fourth-order valence-corrected chi connectivity index (χ4v) is 3.93. The highest BCUT2D eigenvalue weighted by molar-refractivity contribution is 5.33. The van der Waals surface area contributed by atoms with Gasteiger partial charge in [-0.05, 0) is 31.2 Å². The van der Waals surface area contributed by atoms with Gasteiger partial charge in [-0.25, -0.2) is 5.90 Å². The second-order valence-electron chi connectivity index (χ2n) is 5.75. The van der Waals surface area contributed by atoms with Crippen LogP contribution >= 0.6 is 0 Å². The summed E-state index contributed by atoms with van der Waals surface area (Å²) >= 11 is 0. The van der Waals surface area contributed by atoms with Crippen molar-refractivity contribution in [3.05, 3.63) is 35.9 Å². The van der Waals surface area contributed by atoms with Crippen molar-refractivity contribution in [1.82, 2.24) is 0 Å². The predicted octanol–water partition coefficient (Wildman–Crippen LogP) is 3.17. The molecule has 17 heavy (non-hydrogen) atoms. The molecule has 1 aromatic carbocycles. The number of hydrogen-bond donors (Lipinski definition) is 1. The van der Waals surface area contributed by atoms with Crippen molar-refractivity contribution in [3.8, 4) is 0 Å². The van der Waals surface area contributed by atoms with Gasteiger partial charge in [-0.3, -0.25) is 0 Å². The van der Waals surface area contributed by atoms with Crippen LogP contribution in [0.5, 0.6) is 0 Å². The molecule has 3 rings (SSSR count). The third-order valence-electron chi connectivity index (χ3n) is 5.01. The Morgan fingerprint density at radius 2 is 1.65 bits per heavy atom. The molecule has 92 valence electrons. The van der Waals surface area contributed by atoms with E-state index in [2.05, 4.69) is 30.3 Å². The van der Waals surface area contributed by atoms with Crippen LogP contribution in [0.2, 0.25) is 0 Å². The van der Waals surface area contributed by atoms with Crippen LogP contribution in [-0.2, 0) is 10.3 Å². The zero-order valence-electron chi connectivity index (χ0n) is 10.3. The highest BCUT2D eigenvalue weighted by Crippen LogP contribution is 2.65. The van der Waals surface area contributed by atoms with Crippen LogP contribution in [-0.4, -0.2) is 6.61 Å². The largest absolute Gasteiger partial charge is 0.304 e. The van der Waals surface area contributed by atoms with Crippen molar-refractivity contribution < 1.29 is 4.84 Å². The minimum Gasteiger partial charge on any atom is -0.304 e. The minimum atomic E-state index is 0.333. The topological polar surface area (TPSA) is 35.2 Å². The summed E-state index contributed by atoms with van der Waals surface area (Å²) in [6.45, 7) is 0.724. The first-order valence-electron chi connectivity index (χ1n) is 6.70. The fraction of sp³-hybridized carbons (Fsp3) is 0.600. The van der Waals surface area contributed by atoms with Crippen LogP contribution < -0.4 is 5.90 Å². The van der Waals surface area contributed by atoms with E-state index in [0.717, 1.165) is 6.61 Å². The summed E-state index contributed by atoms with van der Waals surface area (Å²) in [6.07, 6.45) is 7.86. The lowest BCUT2D eigenvalue weighted by atomic mass is 9.66.